The number of benzene rings is 1. The van der Waals surface area contributed by atoms with Crippen molar-refractivity contribution in [2.45, 2.75) is 6.92 Å². The number of H-pyrrole nitrogens is 1. The van der Waals surface area contributed by atoms with Gasteiger partial charge in [0.1, 0.15) is 0 Å². The zero-order chi connectivity index (χ0) is 10.3. The Balaban J connectivity index is 3.03. The van der Waals surface area contributed by atoms with Gasteiger partial charge < -0.3 is 5.73 Å². The second-order valence-corrected chi connectivity index (χ2v) is 3.42. The van der Waals surface area contributed by atoms with E-state index in [0.717, 1.165) is 5.56 Å². The molecule has 2 rings (SSSR count). The topological polar surface area (TPSA) is 71.8 Å². The molecular formula is C9H8ClN3O. The minimum atomic E-state index is -0.304. The molecule has 0 saturated heterocycles. The summed E-state index contributed by atoms with van der Waals surface area (Å²) in [6.07, 6.45) is 0. The SMILES string of the molecule is Cc1ccc2nc(N)[nH]c(=O)c2c1Cl. The van der Waals surface area contributed by atoms with Crippen molar-refractivity contribution in [2.24, 2.45) is 0 Å². The zero-order valence-corrected chi connectivity index (χ0v) is 8.22. The third kappa shape index (κ3) is 1.24. The minimum Gasteiger partial charge on any atom is -0.369 e. The molecule has 1 heterocycles. The van der Waals surface area contributed by atoms with Crippen LogP contribution in [-0.2, 0) is 0 Å². The van der Waals surface area contributed by atoms with Crippen LogP contribution in [0.4, 0.5) is 5.95 Å². The van der Waals surface area contributed by atoms with Crippen LogP contribution in [0.15, 0.2) is 16.9 Å². The van der Waals surface area contributed by atoms with Gasteiger partial charge in [-0.15, -0.1) is 0 Å². The van der Waals surface area contributed by atoms with Gasteiger partial charge >= 0.3 is 0 Å². The fraction of sp³-hybridized carbons (Fsp3) is 0.111. The highest BCUT2D eigenvalue weighted by Gasteiger charge is 2.07. The van der Waals surface area contributed by atoms with E-state index >= 15 is 0 Å². The molecular weight excluding hydrogens is 202 g/mol. The van der Waals surface area contributed by atoms with Crippen LogP contribution in [0.3, 0.4) is 0 Å². The van der Waals surface area contributed by atoms with Gasteiger partial charge in [-0.2, -0.15) is 0 Å². The van der Waals surface area contributed by atoms with Crippen molar-refractivity contribution in [3.05, 3.63) is 33.1 Å². The Bertz CT molecular complexity index is 562. The number of hydrogen-bond donors (Lipinski definition) is 2. The largest absolute Gasteiger partial charge is 0.369 e. The molecule has 0 atom stereocenters. The van der Waals surface area contributed by atoms with Crippen molar-refractivity contribution in [3.8, 4) is 0 Å². The Morgan fingerprint density at radius 3 is 2.93 bits per heavy atom. The van der Waals surface area contributed by atoms with E-state index in [1.54, 1.807) is 12.1 Å². The molecule has 0 spiro atoms. The highest BCUT2D eigenvalue weighted by atomic mass is 35.5. The maximum atomic E-state index is 11.5. The lowest BCUT2D eigenvalue weighted by Crippen LogP contribution is -2.11. The summed E-state index contributed by atoms with van der Waals surface area (Å²) in [5.41, 5.74) is 6.46. The summed E-state index contributed by atoms with van der Waals surface area (Å²) >= 11 is 5.98. The molecule has 5 heteroatoms. The third-order valence-electron chi connectivity index (χ3n) is 2.02. The van der Waals surface area contributed by atoms with Gasteiger partial charge in [0.15, 0.2) is 0 Å². The number of aryl methyl sites for hydroxylation is 1. The van der Waals surface area contributed by atoms with Gasteiger partial charge in [0.2, 0.25) is 5.95 Å². The first kappa shape index (κ1) is 9.02. The van der Waals surface area contributed by atoms with Gasteiger partial charge in [-0.3, -0.25) is 9.78 Å². The van der Waals surface area contributed by atoms with E-state index in [0.29, 0.717) is 15.9 Å². The molecule has 3 N–H and O–H groups in total. The molecule has 0 unspecified atom stereocenters. The second-order valence-electron chi connectivity index (χ2n) is 3.04. The van der Waals surface area contributed by atoms with Gasteiger partial charge in [-0.25, -0.2) is 4.98 Å². The number of aromatic nitrogens is 2. The van der Waals surface area contributed by atoms with Crippen LogP contribution in [0.5, 0.6) is 0 Å². The average Bonchev–Trinajstić information content (AvgIpc) is 2.10. The zero-order valence-electron chi connectivity index (χ0n) is 7.47. The summed E-state index contributed by atoms with van der Waals surface area (Å²) in [4.78, 5) is 17.9. The van der Waals surface area contributed by atoms with E-state index in [1.165, 1.54) is 0 Å². The van der Waals surface area contributed by atoms with Gasteiger partial charge in [0.25, 0.3) is 5.56 Å². The quantitative estimate of drug-likeness (QED) is 0.690. The number of fused-ring (bicyclic) bond motifs is 1. The maximum absolute atomic E-state index is 11.5. The maximum Gasteiger partial charge on any atom is 0.261 e. The summed E-state index contributed by atoms with van der Waals surface area (Å²) in [5, 5.41) is 0.817. The number of rotatable bonds is 0. The standard InChI is InChI=1S/C9H8ClN3O/c1-4-2-3-5-6(7(4)10)8(14)13-9(11)12-5/h2-3H,1H3,(H3,11,12,13,14). The monoisotopic (exact) mass is 209 g/mol. The van der Waals surface area contributed by atoms with Crippen LogP contribution < -0.4 is 11.3 Å². The molecule has 0 aliphatic rings. The molecule has 72 valence electrons. The smallest absolute Gasteiger partial charge is 0.261 e. The first-order valence-electron chi connectivity index (χ1n) is 4.04. The molecule has 1 aromatic heterocycles. The molecule has 0 radical (unpaired) electrons. The summed E-state index contributed by atoms with van der Waals surface area (Å²) in [6.45, 7) is 1.83. The predicted molar refractivity (Wildman–Crippen MR) is 56.5 cm³/mol. The van der Waals surface area contributed by atoms with Crippen LogP contribution in [0, 0.1) is 6.92 Å². The molecule has 1 aromatic carbocycles. The summed E-state index contributed by atoms with van der Waals surface area (Å²) in [5.74, 6) is 0.0995. The molecule has 4 nitrogen and oxygen atoms in total. The van der Waals surface area contributed by atoms with E-state index in [-0.39, 0.29) is 11.5 Å². The number of nitrogen functional groups attached to an aromatic ring is 1. The van der Waals surface area contributed by atoms with Gasteiger partial charge in [0, 0.05) is 0 Å². The second kappa shape index (κ2) is 2.99. The van der Waals surface area contributed by atoms with Crippen molar-refractivity contribution < 1.29 is 0 Å². The van der Waals surface area contributed by atoms with Gasteiger partial charge in [-0.1, -0.05) is 17.7 Å². The van der Waals surface area contributed by atoms with Gasteiger partial charge in [0.05, 0.1) is 15.9 Å². The Morgan fingerprint density at radius 1 is 1.50 bits per heavy atom. The van der Waals surface area contributed by atoms with Crippen LogP contribution in [-0.4, -0.2) is 9.97 Å². The molecule has 0 amide bonds. The number of halogens is 1. The average molecular weight is 210 g/mol. The van der Waals surface area contributed by atoms with Crippen LogP contribution in [0.1, 0.15) is 5.56 Å². The van der Waals surface area contributed by atoms with Crippen LogP contribution >= 0.6 is 11.6 Å². The van der Waals surface area contributed by atoms with E-state index in [2.05, 4.69) is 9.97 Å². The fourth-order valence-electron chi connectivity index (χ4n) is 1.32. The third-order valence-corrected chi connectivity index (χ3v) is 2.51. The lowest BCUT2D eigenvalue weighted by molar-refractivity contribution is 1.19. The van der Waals surface area contributed by atoms with Crippen molar-refractivity contribution in [1.82, 2.24) is 9.97 Å². The van der Waals surface area contributed by atoms with E-state index in [9.17, 15) is 4.79 Å². The molecule has 0 aliphatic heterocycles. The summed E-state index contributed by atoms with van der Waals surface area (Å²) in [6, 6.07) is 3.53. The number of nitrogens with zero attached hydrogens (tertiary/aromatic N) is 1. The molecule has 0 bridgehead atoms. The highest BCUT2D eigenvalue weighted by Crippen LogP contribution is 2.22. The Morgan fingerprint density at radius 2 is 2.21 bits per heavy atom. The molecule has 0 saturated carbocycles. The number of hydrogen-bond acceptors (Lipinski definition) is 3. The highest BCUT2D eigenvalue weighted by molar-refractivity contribution is 6.36. The molecule has 2 aromatic rings. The van der Waals surface area contributed by atoms with E-state index in [1.807, 2.05) is 6.92 Å². The minimum absolute atomic E-state index is 0.0995. The molecule has 14 heavy (non-hydrogen) atoms. The van der Waals surface area contributed by atoms with Crippen molar-refractivity contribution in [1.29, 1.82) is 0 Å². The first-order chi connectivity index (χ1) is 6.59. The van der Waals surface area contributed by atoms with Crippen LogP contribution in [0.25, 0.3) is 10.9 Å². The Kier molecular flexibility index (Phi) is 1.93. The van der Waals surface area contributed by atoms with Crippen molar-refractivity contribution in [3.63, 3.8) is 0 Å². The molecule has 0 fully saturated rings. The summed E-state index contributed by atoms with van der Waals surface area (Å²) < 4.78 is 0. The Hall–Kier alpha value is -1.55. The number of anilines is 1. The predicted octanol–water partition coefficient (Wildman–Crippen LogP) is 1.47. The Labute approximate surface area is 84.7 Å². The lowest BCUT2D eigenvalue weighted by atomic mass is 10.2. The lowest BCUT2D eigenvalue weighted by Gasteiger charge is -2.02. The number of nitrogens with two attached hydrogens (primary N) is 1. The molecule has 0 aliphatic carbocycles. The fourth-order valence-corrected chi connectivity index (χ4v) is 1.56. The summed E-state index contributed by atoms with van der Waals surface area (Å²) in [7, 11) is 0. The number of nitrogens with one attached hydrogen (secondary N) is 1. The van der Waals surface area contributed by atoms with Crippen molar-refractivity contribution in [2.75, 3.05) is 5.73 Å². The first-order valence-corrected chi connectivity index (χ1v) is 4.42. The van der Waals surface area contributed by atoms with Crippen LogP contribution in [0.2, 0.25) is 5.02 Å². The normalized spacial score (nSPS) is 10.7. The van der Waals surface area contributed by atoms with Gasteiger partial charge in [-0.05, 0) is 18.6 Å². The van der Waals surface area contributed by atoms with E-state index < -0.39 is 0 Å². The number of aromatic amines is 1. The van der Waals surface area contributed by atoms with E-state index in [4.69, 9.17) is 17.3 Å². The van der Waals surface area contributed by atoms with Crippen molar-refractivity contribution >= 4 is 28.5 Å².